The fourth-order valence-corrected chi connectivity index (χ4v) is 3.67. The topological polar surface area (TPSA) is 89.5 Å². The Morgan fingerprint density at radius 2 is 2.04 bits per heavy atom. The van der Waals surface area contributed by atoms with Gasteiger partial charge in [0, 0.05) is 11.1 Å². The Bertz CT molecular complexity index is 974. The molecule has 1 atom stereocenters. The molecule has 0 aromatic carbocycles. The Balaban J connectivity index is 2.18. The van der Waals surface area contributed by atoms with Crippen LogP contribution in [0.25, 0.3) is 5.65 Å². The van der Waals surface area contributed by atoms with Gasteiger partial charge in [0.25, 0.3) is 0 Å². The lowest BCUT2D eigenvalue weighted by atomic mass is 9.85. The Kier molecular flexibility index (Phi) is 4.30. The molecule has 25 heavy (non-hydrogen) atoms. The summed E-state index contributed by atoms with van der Waals surface area (Å²) in [4.78, 5) is 28.8. The summed E-state index contributed by atoms with van der Waals surface area (Å²) in [6.07, 6.45) is 1.47. The van der Waals surface area contributed by atoms with E-state index in [4.69, 9.17) is 0 Å². The van der Waals surface area contributed by atoms with Crippen LogP contribution in [0, 0.1) is 15.5 Å². The zero-order valence-corrected chi connectivity index (χ0v) is 14.9. The lowest BCUT2D eigenvalue weighted by Crippen LogP contribution is -2.28. The second kappa shape index (κ2) is 6.29. The predicted octanol–water partition coefficient (Wildman–Crippen LogP) is 3.86. The molecule has 3 aromatic heterocycles. The highest BCUT2D eigenvalue weighted by molar-refractivity contribution is 7.10. The molecule has 0 saturated carbocycles. The first-order valence-corrected chi connectivity index (χ1v) is 8.63. The van der Waals surface area contributed by atoms with Crippen LogP contribution in [0.4, 0.5) is 11.5 Å². The van der Waals surface area contributed by atoms with Gasteiger partial charge >= 0.3 is 11.2 Å². The van der Waals surface area contributed by atoms with Crippen LogP contribution < -0.4 is 10.9 Å². The maximum absolute atomic E-state index is 12.6. The van der Waals surface area contributed by atoms with Crippen LogP contribution in [0.5, 0.6) is 0 Å². The van der Waals surface area contributed by atoms with Crippen LogP contribution in [0.15, 0.2) is 46.7 Å². The number of aromatic nitrogens is 2. The molecule has 130 valence electrons. The van der Waals surface area contributed by atoms with Gasteiger partial charge in [-0.3, -0.25) is 19.3 Å². The molecule has 0 bridgehead atoms. The summed E-state index contributed by atoms with van der Waals surface area (Å²) in [6, 6.07) is 8.69. The normalized spacial score (nSPS) is 12.9. The van der Waals surface area contributed by atoms with Crippen molar-refractivity contribution in [3.8, 4) is 0 Å². The van der Waals surface area contributed by atoms with Crippen LogP contribution in [0.1, 0.15) is 31.7 Å². The molecule has 0 radical (unpaired) electrons. The van der Waals surface area contributed by atoms with Crippen molar-refractivity contribution in [2.75, 3.05) is 5.32 Å². The number of rotatable bonds is 4. The fourth-order valence-electron chi connectivity index (χ4n) is 2.65. The maximum atomic E-state index is 12.6. The summed E-state index contributed by atoms with van der Waals surface area (Å²) in [5, 5.41) is 16.6. The van der Waals surface area contributed by atoms with Gasteiger partial charge in [-0.1, -0.05) is 32.9 Å². The Labute approximate surface area is 148 Å². The number of hydrogen-bond acceptors (Lipinski definition) is 6. The van der Waals surface area contributed by atoms with Gasteiger partial charge < -0.3 is 5.32 Å². The molecule has 0 spiro atoms. The zero-order chi connectivity index (χ0) is 18.2. The standard InChI is InChI=1S/C17H18N4O3S/c1-17(2,3)14(11-7-6-10-25-11)19-15-13(21(23)24)16(22)20-9-5-4-8-12(20)18-15/h4-10,14,19H,1-3H3. The molecule has 0 aliphatic carbocycles. The predicted molar refractivity (Wildman–Crippen MR) is 98.3 cm³/mol. The summed E-state index contributed by atoms with van der Waals surface area (Å²) in [5.74, 6) is -0.00507. The molecule has 3 aromatic rings. The lowest BCUT2D eigenvalue weighted by Gasteiger charge is -2.31. The van der Waals surface area contributed by atoms with E-state index in [1.54, 1.807) is 29.5 Å². The van der Waals surface area contributed by atoms with Crippen molar-refractivity contribution in [2.45, 2.75) is 26.8 Å². The van der Waals surface area contributed by atoms with Crippen LogP contribution in [-0.4, -0.2) is 14.3 Å². The van der Waals surface area contributed by atoms with Crippen molar-refractivity contribution in [3.05, 3.63) is 67.3 Å². The molecule has 8 heteroatoms. The number of nitro groups is 1. The monoisotopic (exact) mass is 358 g/mol. The summed E-state index contributed by atoms with van der Waals surface area (Å²) in [6.45, 7) is 6.10. The molecule has 3 heterocycles. The highest BCUT2D eigenvalue weighted by Crippen LogP contribution is 2.38. The van der Waals surface area contributed by atoms with Gasteiger partial charge in [0.15, 0.2) is 0 Å². The number of pyridine rings is 1. The lowest BCUT2D eigenvalue weighted by molar-refractivity contribution is -0.385. The van der Waals surface area contributed by atoms with E-state index in [1.165, 1.54) is 10.6 Å². The molecular formula is C17H18N4O3S. The molecule has 3 rings (SSSR count). The average Bonchev–Trinajstić information content (AvgIpc) is 3.05. The molecule has 7 nitrogen and oxygen atoms in total. The second-order valence-electron chi connectivity index (χ2n) is 6.76. The second-order valence-corrected chi connectivity index (χ2v) is 7.74. The van der Waals surface area contributed by atoms with Gasteiger partial charge in [0.05, 0.1) is 11.0 Å². The molecule has 0 amide bonds. The summed E-state index contributed by atoms with van der Waals surface area (Å²) in [5.41, 5.74) is -1.12. The first-order chi connectivity index (χ1) is 11.8. The summed E-state index contributed by atoms with van der Waals surface area (Å²) in [7, 11) is 0. The first kappa shape index (κ1) is 17.1. The van der Waals surface area contributed by atoms with E-state index in [0.29, 0.717) is 5.65 Å². The van der Waals surface area contributed by atoms with Gasteiger partial charge in [-0.25, -0.2) is 4.98 Å². The minimum Gasteiger partial charge on any atom is -0.356 e. The summed E-state index contributed by atoms with van der Waals surface area (Å²) < 4.78 is 1.18. The third kappa shape index (κ3) is 3.25. The number of anilines is 1. The number of nitrogens with zero attached hydrogens (tertiary/aromatic N) is 3. The number of thiophene rings is 1. The molecule has 0 saturated heterocycles. The third-order valence-electron chi connectivity index (χ3n) is 3.87. The minimum absolute atomic E-state index is 0.00507. The van der Waals surface area contributed by atoms with Crippen molar-refractivity contribution in [3.63, 3.8) is 0 Å². The summed E-state index contributed by atoms with van der Waals surface area (Å²) >= 11 is 1.56. The molecule has 1 N–H and O–H groups in total. The average molecular weight is 358 g/mol. The highest BCUT2D eigenvalue weighted by Gasteiger charge is 2.32. The molecular weight excluding hydrogens is 340 g/mol. The van der Waals surface area contributed by atoms with Gasteiger partial charge in [0.2, 0.25) is 5.82 Å². The van der Waals surface area contributed by atoms with E-state index in [9.17, 15) is 14.9 Å². The molecule has 1 unspecified atom stereocenters. The van der Waals surface area contributed by atoms with Gasteiger partial charge in [-0.2, -0.15) is 0 Å². The van der Waals surface area contributed by atoms with Crippen molar-refractivity contribution in [2.24, 2.45) is 5.41 Å². The zero-order valence-electron chi connectivity index (χ0n) is 14.1. The fraction of sp³-hybridized carbons (Fsp3) is 0.294. The van der Waals surface area contributed by atoms with Crippen LogP contribution in [0.2, 0.25) is 0 Å². The van der Waals surface area contributed by atoms with E-state index >= 15 is 0 Å². The molecule has 0 fully saturated rings. The quantitative estimate of drug-likeness (QED) is 0.565. The number of nitrogens with one attached hydrogen (secondary N) is 1. The molecule has 0 aliphatic heterocycles. The Hall–Kier alpha value is -2.74. The van der Waals surface area contributed by atoms with E-state index in [0.717, 1.165) is 4.88 Å². The van der Waals surface area contributed by atoms with E-state index in [2.05, 4.69) is 10.3 Å². The van der Waals surface area contributed by atoms with E-state index in [1.807, 2.05) is 38.3 Å². The smallest absolute Gasteiger partial charge is 0.356 e. The van der Waals surface area contributed by atoms with Gasteiger partial charge in [0.1, 0.15) is 5.65 Å². The third-order valence-corrected chi connectivity index (χ3v) is 4.80. The van der Waals surface area contributed by atoms with Crippen LogP contribution in [-0.2, 0) is 0 Å². The number of hydrogen-bond donors (Lipinski definition) is 1. The van der Waals surface area contributed by atoms with Crippen molar-refractivity contribution < 1.29 is 4.92 Å². The van der Waals surface area contributed by atoms with E-state index < -0.39 is 16.2 Å². The largest absolute Gasteiger partial charge is 0.376 e. The Morgan fingerprint density at radius 1 is 1.28 bits per heavy atom. The van der Waals surface area contributed by atoms with E-state index in [-0.39, 0.29) is 17.3 Å². The van der Waals surface area contributed by atoms with Gasteiger partial charge in [-0.05, 0) is 29.0 Å². The minimum atomic E-state index is -0.697. The van der Waals surface area contributed by atoms with Gasteiger partial charge in [-0.15, -0.1) is 11.3 Å². The first-order valence-electron chi connectivity index (χ1n) is 7.75. The SMILES string of the molecule is CC(C)(C)C(Nc1nc2ccccn2c(=O)c1[N+](=O)[O-])c1cccs1. The van der Waals surface area contributed by atoms with Crippen LogP contribution in [0.3, 0.4) is 0 Å². The van der Waals surface area contributed by atoms with Crippen molar-refractivity contribution in [1.82, 2.24) is 9.38 Å². The molecule has 0 aliphatic rings. The van der Waals surface area contributed by atoms with Crippen LogP contribution >= 0.6 is 11.3 Å². The maximum Gasteiger partial charge on any atom is 0.376 e. The Morgan fingerprint density at radius 3 is 2.64 bits per heavy atom. The number of fused-ring (bicyclic) bond motifs is 1. The van der Waals surface area contributed by atoms with Crippen molar-refractivity contribution in [1.29, 1.82) is 0 Å². The highest BCUT2D eigenvalue weighted by atomic mass is 32.1. The van der Waals surface area contributed by atoms with Crippen molar-refractivity contribution >= 4 is 28.5 Å².